The number of halogens is 5. The number of nitrogens with one attached hydrogen (secondary N) is 1. The van der Waals surface area contributed by atoms with Crippen LogP contribution in [-0.2, 0) is 22.5 Å². The molecule has 0 saturated heterocycles. The highest BCUT2D eigenvalue weighted by Gasteiger charge is 2.52. The third-order valence-electron chi connectivity index (χ3n) is 5.81. The molecule has 0 aliphatic carbocycles. The lowest BCUT2D eigenvalue weighted by Gasteiger charge is -2.19. The zero-order valence-corrected chi connectivity index (χ0v) is 18.5. The molecule has 1 aliphatic heterocycles. The summed E-state index contributed by atoms with van der Waals surface area (Å²) in [5.74, 6) is -7.58. The quantitative estimate of drug-likeness (QED) is 0.412. The predicted octanol–water partition coefficient (Wildman–Crippen LogP) is 3.28. The minimum Gasteiger partial charge on any atom is -0.354 e. The van der Waals surface area contributed by atoms with Crippen molar-refractivity contribution in [2.75, 3.05) is 5.75 Å². The van der Waals surface area contributed by atoms with Gasteiger partial charge in [0, 0.05) is 17.8 Å². The number of hydrogen-bond acceptors (Lipinski definition) is 5. The largest absolute Gasteiger partial charge is 0.354 e. The van der Waals surface area contributed by atoms with Gasteiger partial charge in [0.15, 0.2) is 11.4 Å². The van der Waals surface area contributed by atoms with Gasteiger partial charge in [0.05, 0.1) is 23.2 Å². The van der Waals surface area contributed by atoms with Crippen LogP contribution in [0.2, 0.25) is 0 Å². The predicted molar refractivity (Wildman–Crippen MR) is 113 cm³/mol. The van der Waals surface area contributed by atoms with Gasteiger partial charge >= 0.3 is 11.6 Å². The molecule has 4 aromatic rings. The van der Waals surface area contributed by atoms with E-state index in [1.165, 1.54) is 6.92 Å². The number of imidazole rings is 1. The summed E-state index contributed by atoms with van der Waals surface area (Å²) >= 11 is 0. The van der Waals surface area contributed by atoms with Gasteiger partial charge in [-0.15, -0.1) is 0 Å². The summed E-state index contributed by atoms with van der Waals surface area (Å²) in [5.41, 5.74) is -3.08. The topological polar surface area (TPSA) is 99.1 Å². The zero-order chi connectivity index (χ0) is 25.3. The van der Waals surface area contributed by atoms with E-state index in [0.29, 0.717) is 9.13 Å². The zero-order valence-electron chi connectivity index (χ0n) is 17.7. The second-order valence-corrected chi connectivity index (χ2v) is 9.95. The summed E-state index contributed by atoms with van der Waals surface area (Å²) in [5, 5.41) is 3.49. The van der Waals surface area contributed by atoms with E-state index in [9.17, 15) is 26.4 Å². The molecule has 1 aliphatic rings. The van der Waals surface area contributed by atoms with Crippen LogP contribution < -0.4 is 10.4 Å². The Labute approximate surface area is 193 Å². The highest BCUT2D eigenvalue weighted by molar-refractivity contribution is 7.89. The van der Waals surface area contributed by atoms with Gasteiger partial charge in [-0.2, -0.15) is 8.78 Å². The third kappa shape index (κ3) is 3.55. The molecule has 0 saturated carbocycles. The van der Waals surface area contributed by atoms with Gasteiger partial charge in [0.25, 0.3) is 0 Å². The van der Waals surface area contributed by atoms with Crippen LogP contribution in [0.5, 0.6) is 0 Å². The summed E-state index contributed by atoms with van der Waals surface area (Å²) in [4.78, 5) is 13.0. The molecule has 3 heterocycles. The van der Waals surface area contributed by atoms with E-state index in [0.717, 1.165) is 36.5 Å². The number of fused-ring (bicyclic) bond motifs is 2. The molecule has 5 rings (SSSR count). The summed E-state index contributed by atoms with van der Waals surface area (Å²) in [6, 6.07) is 2.78. The molecule has 0 bridgehead atoms. The molecule has 1 atom stereocenters. The van der Waals surface area contributed by atoms with Crippen molar-refractivity contribution < 1.29 is 34.9 Å². The molecule has 2 aromatic heterocycles. The Morgan fingerprint density at radius 1 is 1.20 bits per heavy atom. The summed E-state index contributed by atoms with van der Waals surface area (Å²) in [6.07, 6.45) is 0.741. The van der Waals surface area contributed by atoms with Gasteiger partial charge in [-0.25, -0.2) is 35.7 Å². The van der Waals surface area contributed by atoms with E-state index in [-0.39, 0.29) is 16.5 Å². The normalized spacial score (nSPS) is 17.3. The number of nitrogens with zero attached hydrogens (tertiary/aromatic N) is 3. The van der Waals surface area contributed by atoms with Crippen molar-refractivity contribution >= 4 is 21.0 Å². The SMILES string of the molecule is CCS(=O)(=O)N[C@@H]1Cn2c(cn(-c3noc4cc(F)cc(-c5c(F)cccc5F)c34)c2=O)C1(F)F. The maximum atomic E-state index is 15.0. The highest BCUT2D eigenvalue weighted by Crippen LogP contribution is 2.40. The van der Waals surface area contributed by atoms with Crippen molar-refractivity contribution in [2.45, 2.75) is 25.4 Å². The lowest BCUT2D eigenvalue weighted by Crippen LogP contribution is -2.45. The molecule has 0 fully saturated rings. The Kier molecular flexibility index (Phi) is 5.14. The van der Waals surface area contributed by atoms with E-state index in [2.05, 4.69) is 5.16 Å². The number of rotatable bonds is 5. The van der Waals surface area contributed by atoms with E-state index in [4.69, 9.17) is 4.52 Å². The number of aromatic nitrogens is 3. The van der Waals surface area contributed by atoms with Gasteiger partial charge in [0.2, 0.25) is 10.0 Å². The Bertz CT molecular complexity index is 1640. The molecule has 0 spiro atoms. The van der Waals surface area contributed by atoms with Crippen LogP contribution in [0.1, 0.15) is 12.6 Å². The van der Waals surface area contributed by atoms with E-state index in [1.54, 1.807) is 0 Å². The number of hydrogen-bond donors (Lipinski definition) is 1. The Balaban J connectivity index is 1.69. The van der Waals surface area contributed by atoms with E-state index < -0.39 is 74.5 Å². The minimum absolute atomic E-state index is 0.187. The van der Waals surface area contributed by atoms with Crippen molar-refractivity contribution in [3.8, 4) is 16.9 Å². The van der Waals surface area contributed by atoms with Crippen LogP contribution in [0.3, 0.4) is 0 Å². The number of sulfonamides is 1. The highest BCUT2D eigenvalue weighted by atomic mass is 32.2. The fraction of sp³-hybridized carbons (Fsp3) is 0.238. The lowest BCUT2D eigenvalue weighted by atomic mass is 10.00. The van der Waals surface area contributed by atoms with Crippen LogP contribution in [0.4, 0.5) is 22.0 Å². The third-order valence-corrected chi connectivity index (χ3v) is 7.21. The average molecular weight is 514 g/mol. The standard InChI is InChI=1S/C21H15F5N4O4S/c1-2-35(32,33)28-15-8-29-16(21(15,25)26)9-30(20(29)31)19-18-11(6-10(22)7-14(18)34-27-19)17-12(23)4-3-5-13(17)24/h3-7,9,15,28H,2,8H2,1H3/t15-/m1/s1. The molecule has 8 nitrogen and oxygen atoms in total. The van der Waals surface area contributed by atoms with Crippen molar-refractivity contribution in [1.29, 1.82) is 0 Å². The first-order chi connectivity index (χ1) is 16.4. The minimum atomic E-state index is -4.00. The van der Waals surface area contributed by atoms with Crippen LogP contribution in [-0.4, -0.2) is 34.5 Å². The second kappa shape index (κ2) is 7.75. The molecular formula is C21H15F5N4O4S. The van der Waals surface area contributed by atoms with Gasteiger partial charge in [-0.3, -0.25) is 4.57 Å². The van der Waals surface area contributed by atoms with Crippen LogP contribution >= 0.6 is 0 Å². The molecular weight excluding hydrogens is 499 g/mol. The second-order valence-electron chi connectivity index (χ2n) is 7.90. The molecule has 0 radical (unpaired) electrons. The van der Waals surface area contributed by atoms with Crippen molar-refractivity contribution in [3.05, 3.63) is 70.2 Å². The van der Waals surface area contributed by atoms with Crippen molar-refractivity contribution in [3.63, 3.8) is 0 Å². The first kappa shape index (κ1) is 23.2. The Morgan fingerprint density at radius 3 is 2.51 bits per heavy atom. The van der Waals surface area contributed by atoms with E-state index >= 15 is 8.78 Å². The molecule has 184 valence electrons. The number of alkyl halides is 2. The molecule has 1 N–H and O–H groups in total. The fourth-order valence-electron chi connectivity index (χ4n) is 4.10. The fourth-order valence-corrected chi connectivity index (χ4v) is 4.92. The monoisotopic (exact) mass is 514 g/mol. The maximum Gasteiger partial charge on any atom is 0.334 e. The van der Waals surface area contributed by atoms with Gasteiger partial charge in [-0.1, -0.05) is 11.2 Å². The Morgan fingerprint density at radius 2 is 1.89 bits per heavy atom. The summed E-state index contributed by atoms with van der Waals surface area (Å²) in [7, 11) is -4.00. The Hall–Kier alpha value is -3.52. The molecule has 2 aromatic carbocycles. The van der Waals surface area contributed by atoms with Gasteiger partial charge in [-0.05, 0) is 25.1 Å². The number of benzene rings is 2. The van der Waals surface area contributed by atoms with Crippen LogP contribution in [0.25, 0.3) is 27.9 Å². The molecule has 35 heavy (non-hydrogen) atoms. The molecule has 0 unspecified atom stereocenters. The lowest BCUT2D eigenvalue weighted by molar-refractivity contribution is -0.0248. The molecule has 0 amide bonds. The average Bonchev–Trinajstić information content (AvgIpc) is 3.40. The van der Waals surface area contributed by atoms with Crippen LogP contribution in [0, 0.1) is 17.5 Å². The summed E-state index contributed by atoms with van der Waals surface area (Å²) < 4.78 is 105. The van der Waals surface area contributed by atoms with E-state index in [1.807, 2.05) is 4.72 Å². The molecule has 14 heteroatoms. The maximum absolute atomic E-state index is 15.0. The van der Waals surface area contributed by atoms with Crippen LogP contribution in [0.15, 0.2) is 45.8 Å². The first-order valence-electron chi connectivity index (χ1n) is 10.2. The summed E-state index contributed by atoms with van der Waals surface area (Å²) in [6.45, 7) is 0.601. The smallest absolute Gasteiger partial charge is 0.334 e. The van der Waals surface area contributed by atoms with Gasteiger partial charge < -0.3 is 4.52 Å². The first-order valence-corrected chi connectivity index (χ1v) is 11.8. The van der Waals surface area contributed by atoms with Crippen molar-refractivity contribution in [2.24, 2.45) is 0 Å². The van der Waals surface area contributed by atoms with Crippen molar-refractivity contribution in [1.82, 2.24) is 19.0 Å². The van der Waals surface area contributed by atoms with Gasteiger partial charge in [0.1, 0.15) is 29.2 Å².